The van der Waals surface area contributed by atoms with Gasteiger partial charge in [0.1, 0.15) is 5.75 Å². The van der Waals surface area contributed by atoms with Crippen LogP contribution in [0.4, 0.5) is 0 Å². The van der Waals surface area contributed by atoms with E-state index in [2.05, 4.69) is 0 Å². The van der Waals surface area contributed by atoms with Crippen LogP contribution in [-0.2, 0) is 0 Å². The molecule has 0 aliphatic rings. The quantitative estimate of drug-likeness (QED) is 0.783. The number of halogens is 1. The molecule has 3 nitrogen and oxygen atoms in total. The van der Waals surface area contributed by atoms with Crippen LogP contribution < -0.4 is 10.5 Å². The summed E-state index contributed by atoms with van der Waals surface area (Å²) in [4.78, 5) is 0. The van der Waals surface area contributed by atoms with E-state index in [-0.39, 0.29) is 6.10 Å². The summed E-state index contributed by atoms with van der Waals surface area (Å²) in [5.41, 5.74) is 5.31. The lowest BCUT2D eigenvalue weighted by Gasteiger charge is -2.10. The Morgan fingerprint density at radius 1 is 1.27 bits per heavy atom. The first kappa shape index (κ1) is 12.3. The van der Waals surface area contributed by atoms with Gasteiger partial charge in [0.15, 0.2) is 0 Å². The molecule has 1 atom stereocenters. The Labute approximate surface area is 94.8 Å². The second-order valence-corrected chi connectivity index (χ2v) is 3.76. The summed E-state index contributed by atoms with van der Waals surface area (Å²) in [6, 6.07) is 7.15. The van der Waals surface area contributed by atoms with E-state index in [9.17, 15) is 5.11 Å². The minimum Gasteiger partial charge on any atom is -0.493 e. The predicted molar refractivity (Wildman–Crippen MR) is 61.2 cm³/mol. The topological polar surface area (TPSA) is 55.5 Å². The fraction of sp³-hybridized carbons (Fsp3) is 0.455. The van der Waals surface area contributed by atoms with Gasteiger partial charge in [0.25, 0.3) is 0 Å². The fourth-order valence-corrected chi connectivity index (χ4v) is 1.31. The normalized spacial score (nSPS) is 12.5. The second-order valence-electron chi connectivity index (χ2n) is 3.32. The van der Waals surface area contributed by atoms with Crippen LogP contribution in [0.5, 0.6) is 5.75 Å². The Bertz CT molecular complexity index is 276. The molecular formula is C11H16ClNO2. The summed E-state index contributed by atoms with van der Waals surface area (Å²) in [6.07, 6.45) is 0.839. The van der Waals surface area contributed by atoms with Crippen LogP contribution in [-0.4, -0.2) is 24.4 Å². The van der Waals surface area contributed by atoms with Crippen molar-refractivity contribution in [3.05, 3.63) is 29.3 Å². The van der Waals surface area contributed by atoms with Crippen LogP contribution in [0.1, 0.15) is 12.8 Å². The Kier molecular flexibility index (Phi) is 5.47. The first-order valence-electron chi connectivity index (χ1n) is 4.99. The van der Waals surface area contributed by atoms with E-state index in [0.29, 0.717) is 31.0 Å². The standard InChI is InChI=1S/C11H16ClNO2/c12-9-1-3-11(4-2-9)15-8-6-10(14)5-7-13/h1-4,10,14H,5-8,13H2. The Hall–Kier alpha value is -0.770. The first-order chi connectivity index (χ1) is 7.22. The van der Waals surface area contributed by atoms with E-state index in [0.717, 1.165) is 5.75 Å². The second kappa shape index (κ2) is 6.67. The van der Waals surface area contributed by atoms with Crippen molar-refractivity contribution in [2.45, 2.75) is 18.9 Å². The summed E-state index contributed by atoms with van der Waals surface area (Å²) < 4.78 is 5.42. The monoisotopic (exact) mass is 229 g/mol. The number of aliphatic hydroxyl groups is 1. The number of benzene rings is 1. The third-order valence-electron chi connectivity index (χ3n) is 2.03. The van der Waals surface area contributed by atoms with E-state index in [1.54, 1.807) is 24.3 Å². The number of hydrogen-bond acceptors (Lipinski definition) is 3. The minimum absolute atomic E-state index is 0.373. The molecule has 0 spiro atoms. The molecule has 4 heteroatoms. The van der Waals surface area contributed by atoms with Gasteiger partial charge in [-0.05, 0) is 37.2 Å². The molecule has 84 valence electrons. The molecular weight excluding hydrogens is 214 g/mol. The molecule has 0 saturated heterocycles. The molecule has 15 heavy (non-hydrogen) atoms. The van der Waals surface area contributed by atoms with Gasteiger partial charge in [0.2, 0.25) is 0 Å². The molecule has 0 saturated carbocycles. The number of aliphatic hydroxyl groups excluding tert-OH is 1. The summed E-state index contributed by atoms with van der Waals surface area (Å²) >= 11 is 5.73. The zero-order chi connectivity index (χ0) is 11.1. The van der Waals surface area contributed by atoms with Crippen LogP contribution in [0.15, 0.2) is 24.3 Å². The van der Waals surface area contributed by atoms with E-state index in [4.69, 9.17) is 22.1 Å². The van der Waals surface area contributed by atoms with Crippen LogP contribution >= 0.6 is 11.6 Å². The highest BCUT2D eigenvalue weighted by molar-refractivity contribution is 6.30. The summed E-state index contributed by atoms with van der Waals surface area (Å²) in [5, 5.41) is 10.1. The van der Waals surface area contributed by atoms with Gasteiger partial charge in [-0.3, -0.25) is 0 Å². The maximum Gasteiger partial charge on any atom is 0.119 e. The number of hydrogen-bond donors (Lipinski definition) is 2. The van der Waals surface area contributed by atoms with Gasteiger partial charge in [-0.1, -0.05) is 11.6 Å². The number of ether oxygens (including phenoxy) is 1. The molecule has 0 aliphatic heterocycles. The van der Waals surface area contributed by atoms with Gasteiger partial charge in [-0.25, -0.2) is 0 Å². The highest BCUT2D eigenvalue weighted by Crippen LogP contribution is 2.15. The fourth-order valence-electron chi connectivity index (χ4n) is 1.18. The molecule has 0 aromatic heterocycles. The molecule has 1 aromatic carbocycles. The summed E-state index contributed by atoms with van der Waals surface area (Å²) in [6.45, 7) is 0.991. The van der Waals surface area contributed by atoms with Crippen molar-refractivity contribution >= 4 is 11.6 Å². The minimum atomic E-state index is -0.373. The van der Waals surface area contributed by atoms with Gasteiger partial charge < -0.3 is 15.6 Å². The van der Waals surface area contributed by atoms with Gasteiger partial charge >= 0.3 is 0 Å². The van der Waals surface area contributed by atoms with Crippen molar-refractivity contribution in [1.29, 1.82) is 0 Å². The average molecular weight is 230 g/mol. The first-order valence-corrected chi connectivity index (χ1v) is 5.36. The van der Waals surface area contributed by atoms with Crippen LogP contribution in [0.25, 0.3) is 0 Å². The molecule has 0 aliphatic carbocycles. The molecule has 1 aromatic rings. The van der Waals surface area contributed by atoms with Crippen molar-refractivity contribution in [3.63, 3.8) is 0 Å². The van der Waals surface area contributed by atoms with Crippen LogP contribution in [0, 0.1) is 0 Å². The lowest BCUT2D eigenvalue weighted by Crippen LogP contribution is -2.16. The SMILES string of the molecule is NCCC(O)CCOc1ccc(Cl)cc1. The average Bonchev–Trinajstić information content (AvgIpc) is 2.21. The Morgan fingerprint density at radius 2 is 1.93 bits per heavy atom. The Balaban J connectivity index is 2.22. The summed E-state index contributed by atoms with van der Waals surface area (Å²) in [5.74, 6) is 0.763. The molecule has 1 rings (SSSR count). The Morgan fingerprint density at radius 3 is 2.53 bits per heavy atom. The van der Waals surface area contributed by atoms with Gasteiger partial charge in [-0.2, -0.15) is 0 Å². The van der Waals surface area contributed by atoms with Crippen molar-refractivity contribution in [3.8, 4) is 5.75 Å². The van der Waals surface area contributed by atoms with Crippen LogP contribution in [0.2, 0.25) is 5.02 Å². The van der Waals surface area contributed by atoms with Crippen molar-refractivity contribution < 1.29 is 9.84 Å². The van der Waals surface area contributed by atoms with Crippen molar-refractivity contribution in [2.24, 2.45) is 5.73 Å². The number of rotatable bonds is 6. The molecule has 0 bridgehead atoms. The molecule has 0 radical (unpaired) electrons. The highest BCUT2D eigenvalue weighted by atomic mass is 35.5. The smallest absolute Gasteiger partial charge is 0.119 e. The van der Waals surface area contributed by atoms with E-state index < -0.39 is 0 Å². The van der Waals surface area contributed by atoms with Gasteiger partial charge in [0.05, 0.1) is 12.7 Å². The lowest BCUT2D eigenvalue weighted by atomic mass is 10.2. The third-order valence-corrected chi connectivity index (χ3v) is 2.29. The molecule has 0 heterocycles. The van der Waals surface area contributed by atoms with Gasteiger partial charge in [-0.15, -0.1) is 0 Å². The van der Waals surface area contributed by atoms with Crippen LogP contribution in [0.3, 0.4) is 0 Å². The van der Waals surface area contributed by atoms with Gasteiger partial charge in [0, 0.05) is 11.4 Å². The lowest BCUT2D eigenvalue weighted by molar-refractivity contribution is 0.133. The third kappa shape index (κ3) is 5.02. The molecule has 3 N–H and O–H groups in total. The highest BCUT2D eigenvalue weighted by Gasteiger charge is 2.02. The maximum atomic E-state index is 9.39. The number of nitrogens with two attached hydrogens (primary N) is 1. The maximum absolute atomic E-state index is 9.39. The van der Waals surface area contributed by atoms with E-state index in [1.807, 2.05) is 0 Å². The zero-order valence-corrected chi connectivity index (χ0v) is 9.28. The summed E-state index contributed by atoms with van der Waals surface area (Å²) in [7, 11) is 0. The molecule has 0 fully saturated rings. The van der Waals surface area contributed by atoms with Crippen molar-refractivity contribution in [1.82, 2.24) is 0 Å². The van der Waals surface area contributed by atoms with Crippen molar-refractivity contribution in [2.75, 3.05) is 13.2 Å². The largest absolute Gasteiger partial charge is 0.493 e. The van der Waals surface area contributed by atoms with E-state index >= 15 is 0 Å². The zero-order valence-electron chi connectivity index (χ0n) is 8.53. The molecule has 0 amide bonds. The predicted octanol–water partition coefficient (Wildman–Crippen LogP) is 1.82. The van der Waals surface area contributed by atoms with E-state index in [1.165, 1.54) is 0 Å². The molecule has 1 unspecified atom stereocenters.